The maximum atomic E-state index is 12.6. The van der Waals surface area contributed by atoms with Gasteiger partial charge in [0, 0.05) is 48.2 Å². The van der Waals surface area contributed by atoms with E-state index in [-0.39, 0.29) is 6.04 Å². The minimum atomic E-state index is -0.589. The molecular formula is C27H28N4O2S. The van der Waals surface area contributed by atoms with E-state index in [1.807, 2.05) is 30.5 Å². The molecule has 0 aliphatic carbocycles. The van der Waals surface area contributed by atoms with Crippen molar-refractivity contribution in [3.05, 3.63) is 93.8 Å². The summed E-state index contributed by atoms with van der Waals surface area (Å²) in [5.74, 6) is -1.17. The molecule has 7 heteroatoms. The fourth-order valence-electron chi connectivity index (χ4n) is 4.67. The molecule has 5 rings (SSSR count). The SMILES string of the molecule is O=C(NCCc1c[nH]c2ccccc12)C(=O)NCC(c1cccs1)N1CCc2ccccc2C1. The molecule has 34 heavy (non-hydrogen) atoms. The van der Waals surface area contributed by atoms with E-state index in [1.54, 1.807) is 11.3 Å². The molecule has 4 aromatic rings. The quantitative estimate of drug-likeness (QED) is 0.358. The number of hydrogen-bond acceptors (Lipinski definition) is 4. The summed E-state index contributed by atoms with van der Waals surface area (Å²) < 4.78 is 0. The molecule has 2 amide bonds. The number of aromatic nitrogens is 1. The van der Waals surface area contributed by atoms with E-state index in [0.717, 1.165) is 36.0 Å². The highest BCUT2D eigenvalue weighted by Gasteiger charge is 2.26. The normalized spacial score (nSPS) is 14.5. The van der Waals surface area contributed by atoms with Gasteiger partial charge in [-0.25, -0.2) is 0 Å². The maximum Gasteiger partial charge on any atom is 0.309 e. The largest absolute Gasteiger partial charge is 0.361 e. The van der Waals surface area contributed by atoms with Gasteiger partial charge in [-0.3, -0.25) is 14.5 Å². The van der Waals surface area contributed by atoms with Gasteiger partial charge in [-0.2, -0.15) is 0 Å². The molecule has 2 aromatic carbocycles. The molecule has 3 heterocycles. The van der Waals surface area contributed by atoms with E-state index in [0.29, 0.717) is 19.5 Å². The Morgan fingerprint density at radius 1 is 0.971 bits per heavy atom. The molecule has 6 nitrogen and oxygen atoms in total. The number of H-pyrrole nitrogens is 1. The van der Waals surface area contributed by atoms with Crippen LogP contribution in [0.1, 0.15) is 27.6 Å². The Balaban J connectivity index is 1.16. The maximum absolute atomic E-state index is 12.6. The summed E-state index contributed by atoms with van der Waals surface area (Å²) in [4.78, 5) is 31.8. The summed E-state index contributed by atoms with van der Waals surface area (Å²) in [7, 11) is 0. The third kappa shape index (κ3) is 4.90. The molecule has 1 aliphatic heterocycles. The number of nitrogens with zero attached hydrogens (tertiary/aromatic N) is 1. The molecule has 1 aliphatic rings. The number of nitrogens with one attached hydrogen (secondary N) is 3. The van der Waals surface area contributed by atoms with E-state index in [2.05, 4.69) is 62.3 Å². The average molecular weight is 473 g/mol. The van der Waals surface area contributed by atoms with E-state index < -0.39 is 11.8 Å². The van der Waals surface area contributed by atoms with Gasteiger partial charge in [0.05, 0.1) is 6.04 Å². The van der Waals surface area contributed by atoms with Gasteiger partial charge < -0.3 is 15.6 Å². The Bertz CT molecular complexity index is 1280. The van der Waals surface area contributed by atoms with Crippen LogP contribution >= 0.6 is 11.3 Å². The number of fused-ring (bicyclic) bond motifs is 2. The Morgan fingerprint density at radius 3 is 2.62 bits per heavy atom. The molecule has 0 fully saturated rings. The zero-order valence-corrected chi connectivity index (χ0v) is 19.7. The van der Waals surface area contributed by atoms with Crippen molar-refractivity contribution < 1.29 is 9.59 Å². The smallest absolute Gasteiger partial charge is 0.309 e. The molecule has 3 N–H and O–H groups in total. The highest BCUT2D eigenvalue weighted by atomic mass is 32.1. The second-order valence-electron chi connectivity index (χ2n) is 8.60. The first kappa shape index (κ1) is 22.4. The zero-order chi connectivity index (χ0) is 23.3. The Hall–Kier alpha value is -3.42. The summed E-state index contributed by atoms with van der Waals surface area (Å²) in [5, 5.41) is 8.83. The van der Waals surface area contributed by atoms with Gasteiger partial charge in [0.25, 0.3) is 0 Å². The van der Waals surface area contributed by atoms with Crippen molar-refractivity contribution in [3.63, 3.8) is 0 Å². The van der Waals surface area contributed by atoms with Crippen LogP contribution in [-0.4, -0.2) is 41.3 Å². The third-order valence-electron chi connectivity index (χ3n) is 6.49. The van der Waals surface area contributed by atoms with E-state index >= 15 is 0 Å². The molecule has 1 atom stereocenters. The van der Waals surface area contributed by atoms with Gasteiger partial charge in [0.2, 0.25) is 0 Å². The lowest BCUT2D eigenvalue weighted by Crippen LogP contribution is -2.45. The van der Waals surface area contributed by atoms with Crippen molar-refractivity contribution in [3.8, 4) is 0 Å². The molecule has 174 valence electrons. The van der Waals surface area contributed by atoms with Crippen LogP contribution in [0.3, 0.4) is 0 Å². The summed E-state index contributed by atoms with van der Waals surface area (Å²) in [6.07, 6.45) is 3.60. The monoisotopic (exact) mass is 472 g/mol. The molecule has 0 bridgehead atoms. The topological polar surface area (TPSA) is 77.2 Å². The molecule has 0 radical (unpaired) electrons. The number of carbonyl (C=O) groups excluding carboxylic acids is 2. The van der Waals surface area contributed by atoms with Crippen LogP contribution in [-0.2, 0) is 29.0 Å². The first-order chi connectivity index (χ1) is 16.7. The summed E-state index contributed by atoms with van der Waals surface area (Å²) in [5.41, 5.74) is 4.92. The van der Waals surface area contributed by atoms with Gasteiger partial charge in [-0.1, -0.05) is 48.5 Å². The molecule has 2 aromatic heterocycles. The predicted octanol–water partition coefficient (Wildman–Crippen LogP) is 3.80. The number of thiophene rings is 1. The van der Waals surface area contributed by atoms with E-state index in [1.165, 1.54) is 16.0 Å². The molecule has 0 spiro atoms. The van der Waals surface area contributed by atoms with Crippen LogP contribution in [0, 0.1) is 0 Å². The summed E-state index contributed by atoms with van der Waals surface area (Å²) >= 11 is 1.68. The number of para-hydroxylation sites is 1. The van der Waals surface area contributed by atoms with Crippen molar-refractivity contribution >= 4 is 34.1 Å². The predicted molar refractivity (Wildman–Crippen MR) is 136 cm³/mol. The van der Waals surface area contributed by atoms with E-state index in [4.69, 9.17) is 0 Å². The van der Waals surface area contributed by atoms with Gasteiger partial charge in [-0.05, 0) is 47.0 Å². The van der Waals surface area contributed by atoms with Crippen molar-refractivity contribution in [1.29, 1.82) is 0 Å². The molecule has 1 unspecified atom stereocenters. The first-order valence-electron chi connectivity index (χ1n) is 11.6. The average Bonchev–Trinajstić information content (AvgIpc) is 3.55. The number of benzene rings is 2. The van der Waals surface area contributed by atoms with Crippen LogP contribution in [0.5, 0.6) is 0 Å². The minimum Gasteiger partial charge on any atom is -0.361 e. The molecule has 0 saturated heterocycles. The van der Waals surface area contributed by atoms with Crippen LogP contribution in [0.15, 0.2) is 72.2 Å². The Kier molecular flexibility index (Phi) is 6.74. The van der Waals surface area contributed by atoms with Crippen LogP contribution in [0.25, 0.3) is 10.9 Å². The third-order valence-corrected chi connectivity index (χ3v) is 7.46. The van der Waals surface area contributed by atoms with Gasteiger partial charge in [-0.15, -0.1) is 11.3 Å². The number of amides is 2. The van der Waals surface area contributed by atoms with Crippen molar-refractivity contribution in [2.24, 2.45) is 0 Å². The van der Waals surface area contributed by atoms with Crippen LogP contribution in [0.4, 0.5) is 0 Å². The van der Waals surface area contributed by atoms with Crippen LogP contribution in [0.2, 0.25) is 0 Å². The van der Waals surface area contributed by atoms with Gasteiger partial charge in [0.15, 0.2) is 0 Å². The standard InChI is InChI=1S/C27H28N4O2S/c32-26(28-13-11-20-16-29-23-9-4-3-8-22(20)23)27(33)30-17-24(25-10-5-15-34-25)31-14-12-19-6-1-2-7-21(19)18-31/h1-10,15-16,24,29H,11-14,17-18H2,(H,28,32)(H,30,33). The Labute approximate surface area is 203 Å². The lowest BCUT2D eigenvalue weighted by atomic mass is 9.98. The lowest BCUT2D eigenvalue weighted by Gasteiger charge is -2.35. The second-order valence-corrected chi connectivity index (χ2v) is 9.58. The van der Waals surface area contributed by atoms with Gasteiger partial charge in [0.1, 0.15) is 0 Å². The molecule has 0 saturated carbocycles. The molecular weight excluding hydrogens is 444 g/mol. The number of carbonyl (C=O) groups is 2. The number of aromatic amines is 1. The van der Waals surface area contributed by atoms with Gasteiger partial charge >= 0.3 is 11.8 Å². The van der Waals surface area contributed by atoms with Crippen molar-refractivity contribution in [1.82, 2.24) is 20.5 Å². The van der Waals surface area contributed by atoms with E-state index in [9.17, 15) is 9.59 Å². The zero-order valence-electron chi connectivity index (χ0n) is 18.9. The lowest BCUT2D eigenvalue weighted by molar-refractivity contribution is -0.139. The first-order valence-corrected chi connectivity index (χ1v) is 12.5. The summed E-state index contributed by atoms with van der Waals surface area (Å²) in [6.45, 7) is 2.57. The van der Waals surface area contributed by atoms with Crippen LogP contribution < -0.4 is 10.6 Å². The fraction of sp³-hybridized carbons (Fsp3) is 0.259. The van der Waals surface area contributed by atoms with Crippen molar-refractivity contribution in [2.45, 2.75) is 25.4 Å². The highest BCUT2D eigenvalue weighted by molar-refractivity contribution is 7.10. The number of rotatable bonds is 7. The second kappa shape index (κ2) is 10.2. The number of hydrogen-bond donors (Lipinski definition) is 3. The Morgan fingerprint density at radius 2 is 1.76 bits per heavy atom. The highest BCUT2D eigenvalue weighted by Crippen LogP contribution is 2.30. The minimum absolute atomic E-state index is 0.0383. The fourth-order valence-corrected chi connectivity index (χ4v) is 5.53. The summed E-state index contributed by atoms with van der Waals surface area (Å²) in [6, 6.07) is 20.8. The van der Waals surface area contributed by atoms with Crippen molar-refractivity contribution in [2.75, 3.05) is 19.6 Å².